The van der Waals surface area contributed by atoms with Gasteiger partial charge in [0.2, 0.25) is 0 Å². The summed E-state index contributed by atoms with van der Waals surface area (Å²) in [6.07, 6.45) is 6.65. The average molecular weight is 369 g/mol. The molecule has 0 saturated heterocycles. The Balaban J connectivity index is 1.55. The fourth-order valence-corrected chi connectivity index (χ4v) is 4.51. The number of nitrogens with one attached hydrogen (secondary N) is 1. The molecule has 1 aliphatic rings. The lowest BCUT2D eigenvalue weighted by Crippen LogP contribution is -2.44. The van der Waals surface area contributed by atoms with Crippen molar-refractivity contribution in [1.29, 1.82) is 0 Å². The van der Waals surface area contributed by atoms with Crippen molar-refractivity contribution in [3.05, 3.63) is 47.1 Å². The average Bonchev–Trinajstić information content (AvgIpc) is 3.21. The topological polar surface area (TPSA) is 66.6 Å². The van der Waals surface area contributed by atoms with Crippen LogP contribution in [-0.2, 0) is 0 Å². The van der Waals surface area contributed by atoms with Crippen molar-refractivity contribution in [3.8, 4) is 11.3 Å². The van der Waals surface area contributed by atoms with Crippen LogP contribution in [0.25, 0.3) is 16.2 Å². The van der Waals surface area contributed by atoms with Gasteiger partial charge in [-0.1, -0.05) is 43.5 Å². The molecular weight excluding hydrogens is 346 g/mol. The van der Waals surface area contributed by atoms with Gasteiger partial charge in [0.05, 0.1) is 11.3 Å². The van der Waals surface area contributed by atoms with Gasteiger partial charge in [0, 0.05) is 23.7 Å². The molecule has 0 bridgehead atoms. The van der Waals surface area contributed by atoms with Gasteiger partial charge in [0.25, 0.3) is 5.91 Å². The largest absolute Gasteiger partial charge is 0.388 e. The van der Waals surface area contributed by atoms with Crippen LogP contribution in [0.2, 0.25) is 0 Å². The van der Waals surface area contributed by atoms with Gasteiger partial charge in [-0.3, -0.25) is 9.20 Å². The van der Waals surface area contributed by atoms with E-state index in [2.05, 4.69) is 23.3 Å². The molecule has 136 valence electrons. The van der Waals surface area contributed by atoms with E-state index in [9.17, 15) is 9.90 Å². The predicted molar refractivity (Wildman–Crippen MR) is 104 cm³/mol. The first kappa shape index (κ1) is 17.2. The maximum absolute atomic E-state index is 12.7. The Morgan fingerprint density at radius 2 is 2.08 bits per heavy atom. The number of hydrogen-bond acceptors (Lipinski definition) is 4. The number of fused-ring (bicyclic) bond motifs is 1. The summed E-state index contributed by atoms with van der Waals surface area (Å²) < 4.78 is 1.84. The molecule has 4 rings (SSSR count). The number of carbonyl (C=O) groups excluding carboxylic acids is 1. The number of benzene rings is 1. The molecule has 1 saturated carbocycles. The maximum Gasteiger partial charge on any atom is 0.269 e. The maximum atomic E-state index is 12.7. The van der Waals surface area contributed by atoms with Crippen molar-refractivity contribution in [2.45, 2.75) is 44.6 Å². The Morgan fingerprint density at radius 3 is 2.85 bits per heavy atom. The van der Waals surface area contributed by atoms with E-state index < -0.39 is 5.60 Å². The number of carbonyl (C=O) groups is 1. The third kappa shape index (κ3) is 3.27. The molecule has 0 unspecified atom stereocenters. The van der Waals surface area contributed by atoms with E-state index in [4.69, 9.17) is 0 Å². The van der Waals surface area contributed by atoms with E-state index in [1.54, 1.807) is 0 Å². The highest BCUT2D eigenvalue weighted by Crippen LogP contribution is 2.28. The monoisotopic (exact) mass is 369 g/mol. The number of imidazole rings is 1. The van der Waals surface area contributed by atoms with E-state index in [0.29, 0.717) is 12.2 Å². The zero-order chi connectivity index (χ0) is 18.1. The molecule has 1 fully saturated rings. The lowest BCUT2D eigenvalue weighted by Gasteiger charge is -2.32. The van der Waals surface area contributed by atoms with Gasteiger partial charge in [-0.05, 0) is 25.3 Å². The zero-order valence-corrected chi connectivity index (χ0v) is 15.7. The van der Waals surface area contributed by atoms with Crippen LogP contribution in [0.5, 0.6) is 0 Å². The normalized spacial score (nSPS) is 16.7. The van der Waals surface area contributed by atoms with Crippen LogP contribution >= 0.6 is 11.3 Å². The third-order valence-corrected chi connectivity index (χ3v) is 6.06. The summed E-state index contributed by atoms with van der Waals surface area (Å²) in [6, 6.07) is 8.10. The minimum absolute atomic E-state index is 0.163. The number of rotatable bonds is 4. The predicted octanol–water partition coefficient (Wildman–Crippen LogP) is 3.80. The zero-order valence-electron chi connectivity index (χ0n) is 14.9. The molecule has 1 aliphatic carbocycles. The molecule has 2 aromatic heterocycles. The van der Waals surface area contributed by atoms with Crippen molar-refractivity contribution in [2.75, 3.05) is 6.54 Å². The summed E-state index contributed by atoms with van der Waals surface area (Å²) in [4.78, 5) is 18.1. The number of nitrogens with zero attached hydrogens (tertiary/aromatic N) is 2. The molecule has 6 heteroatoms. The molecule has 1 aromatic carbocycles. The van der Waals surface area contributed by atoms with Crippen LogP contribution in [0.1, 0.15) is 48.2 Å². The van der Waals surface area contributed by atoms with Crippen LogP contribution in [0.4, 0.5) is 0 Å². The lowest BCUT2D eigenvalue weighted by molar-refractivity contribution is 0.00520. The van der Waals surface area contributed by atoms with Gasteiger partial charge in [0.15, 0.2) is 4.96 Å². The standard InChI is InChI=1S/C20H23N3O2S/c1-14-7-3-4-8-15(14)16-11-23-17(12-26-19(23)22-16)18(24)21-13-20(25)9-5-2-6-10-20/h3-4,7-8,11-12,25H,2,5-6,9-10,13H2,1H3,(H,21,24). The summed E-state index contributed by atoms with van der Waals surface area (Å²) in [7, 11) is 0. The second-order valence-corrected chi connectivity index (χ2v) is 8.02. The summed E-state index contributed by atoms with van der Waals surface area (Å²) in [5.41, 5.74) is 2.91. The smallest absolute Gasteiger partial charge is 0.269 e. The molecule has 3 aromatic rings. The van der Waals surface area contributed by atoms with Crippen molar-refractivity contribution in [2.24, 2.45) is 0 Å². The summed E-state index contributed by atoms with van der Waals surface area (Å²) >= 11 is 1.45. The summed E-state index contributed by atoms with van der Waals surface area (Å²) in [5, 5.41) is 15.3. The molecule has 2 N–H and O–H groups in total. The Morgan fingerprint density at radius 1 is 1.31 bits per heavy atom. The molecule has 0 atom stereocenters. The van der Waals surface area contributed by atoms with E-state index in [1.807, 2.05) is 34.2 Å². The van der Waals surface area contributed by atoms with Crippen molar-refractivity contribution < 1.29 is 9.90 Å². The van der Waals surface area contributed by atoms with E-state index in [-0.39, 0.29) is 5.91 Å². The minimum atomic E-state index is -0.760. The van der Waals surface area contributed by atoms with Gasteiger partial charge < -0.3 is 10.4 Å². The van der Waals surface area contributed by atoms with Gasteiger partial charge in [-0.15, -0.1) is 11.3 Å². The van der Waals surface area contributed by atoms with Crippen molar-refractivity contribution in [3.63, 3.8) is 0 Å². The van der Waals surface area contributed by atoms with Gasteiger partial charge in [0.1, 0.15) is 5.69 Å². The summed E-state index contributed by atoms with van der Waals surface area (Å²) in [6.45, 7) is 2.36. The van der Waals surface area contributed by atoms with E-state index in [1.165, 1.54) is 11.3 Å². The molecule has 0 spiro atoms. The number of hydrogen-bond donors (Lipinski definition) is 2. The summed E-state index contributed by atoms with van der Waals surface area (Å²) in [5.74, 6) is -0.163. The van der Waals surface area contributed by atoms with Crippen molar-refractivity contribution >= 4 is 22.2 Å². The molecule has 0 aliphatic heterocycles. The molecule has 2 heterocycles. The first-order valence-corrected chi connectivity index (χ1v) is 9.97. The Labute approximate surface area is 156 Å². The fourth-order valence-electron chi connectivity index (χ4n) is 3.66. The quantitative estimate of drug-likeness (QED) is 0.735. The van der Waals surface area contributed by atoms with Crippen LogP contribution < -0.4 is 5.32 Å². The SMILES string of the molecule is Cc1ccccc1-c1cn2c(C(=O)NCC3(O)CCCCC3)csc2n1. The second kappa shape index (κ2) is 6.85. The second-order valence-electron chi connectivity index (χ2n) is 7.18. The molecule has 26 heavy (non-hydrogen) atoms. The lowest BCUT2D eigenvalue weighted by atomic mass is 9.85. The number of aromatic nitrogens is 2. The molecule has 1 amide bonds. The highest BCUT2D eigenvalue weighted by Gasteiger charge is 2.30. The molecular formula is C20H23N3O2S. The Kier molecular flexibility index (Phi) is 4.54. The van der Waals surface area contributed by atoms with Crippen molar-refractivity contribution in [1.82, 2.24) is 14.7 Å². The van der Waals surface area contributed by atoms with Crippen LogP contribution in [-0.4, -0.2) is 32.5 Å². The fraction of sp³-hybridized carbons (Fsp3) is 0.400. The van der Waals surface area contributed by atoms with Crippen LogP contribution in [0.3, 0.4) is 0 Å². The third-order valence-electron chi connectivity index (χ3n) is 5.22. The first-order valence-electron chi connectivity index (χ1n) is 9.09. The van der Waals surface area contributed by atoms with Gasteiger partial charge in [-0.25, -0.2) is 4.98 Å². The number of aliphatic hydroxyl groups is 1. The number of amides is 1. The molecule has 0 radical (unpaired) electrons. The van der Waals surface area contributed by atoms with Gasteiger partial charge >= 0.3 is 0 Å². The van der Waals surface area contributed by atoms with E-state index >= 15 is 0 Å². The number of aryl methyl sites for hydroxylation is 1. The minimum Gasteiger partial charge on any atom is -0.388 e. The highest BCUT2D eigenvalue weighted by molar-refractivity contribution is 7.15. The van der Waals surface area contributed by atoms with Gasteiger partial charge in [-0.2, -0.15) is 0 Å². The Bertz CT molecular complexity index is 938. The van der Waals surface area contributed by atoms with Crippen LogP contribution in [0.15, 0.2) is 35.8 Å². The van der Waals surface area contributed by atoms with E-state index in [0.717, 1.165) is 53.9 Å². The highest BCUT2D eigenvalue weighted by atomic mass is 32.1. The Hall–Kier alpha value is -2.18. The number of thiazole rings is 1. The van der Waals surface area contributed by atoms with Crippen LogP contribution in [0, 0.1) is 6.92 Å². The molecule has 5 nitrogen and oxygen atoms in total. The first-order chi connectivity index (χ1) is 12.6.